The van der Waals surface area contributed by atoms with Gasteiger partial charge < -0.3 is 4.42 Å². The van der Waals surface area contributed by atoms with Crippen molar-refractivity contribution >= 4 is 33.0 Å². The molecule has 0 atom stereocenters. The molecule has 0 amide bonds. The third-order valence-electron chi connectivity index (χ3n) is 3.91. The van der Waals surface area contributed by atoms with Crippen molar-refractivity contribution in [1.82, 2.24) is 9.66 Å². The van der Waals surface area contributed by atoms with Gasteiger partial charge in [-0.2, -0.15) is 9.78 Å². The van der Waals surface area contributed by atoms with E-state index in [9.17, 15) is 4.79 Å². The molecule has 2 aromatic heterocycles. The Kier molecular flexibility index (Phi) is 4.26. The Balaban J connectivity index is 1.95. The molecule has 2 aromatic carbocycles. The molecule has 0 unspecified atom stereocenters. The predicted molar refractivity (Wildman–Crippen MR) is 106 cm³/mol. The minimum atomic E-state index is -0.258. The molecule has 6 heteroatoms. The lowest BCUT2D eigenvalue weighted by Gasteiger charge is -2.07. The van der Waals surface area contributed by atoms with Crippen LogP contribution in [0.4, 0.5) is 0 Å². The number of halogens is 1. The van der Waals surface area contributed by atoms with E-state index < -0.39 is 0 Å². The lowest BCUT2D eigenvalue weighted by Crippen LogP contribution is -2.20. The Hall–Kier alpha value is -2.99. The molecule has 0 saturated carbocycles. The smallest absolute Gasteiger partial charge is 0.282 e. The summed E-state index contributed by atoms with van der Waals surface area (Å²) in [7, 11) is 0. The normalized spacial score (nSPS) is 11.5. The first-order chi connectivity index (χ1) is 12.6. The number of nitrogens with zero attached hydrogens (tertiary/aromatic N) is 3. The molecule has 0 aliphatic heterocycles. The van der Waals surface area contributed by atoms with Crippen molar-refractivity contribution < 1.29 is 4.42 Å². The van der Waals surface area contributed by atoms with Crippen LogP contribution in [0.2, 0.25) is 0 Å². The molecule has 0 radical (unpaired) electrons. The predicted octanol–water partition coefficient (Wildman–Crippen LogP) is 4.61. The Labute approximate surface area is 157 Å². The summed E-state index contributed by atoms with van der Waals surface area (Å²) in [6.45, 7) is 2.01. The Bertz CT molecular complexity index is 1180. The van der Waals surface area contributed by atoms with Crippen molar-refractivity contribution in [2.75, 3.05) is 0 Å². The first-order valence-corrected chi connectivity index (χ1v) is 8.78. The third-order valence-corrected chi connectivity index (χ3v) is 4.41. The highest BCUT2D eigenvalue weighted by Crippen LogP contribution is 2.21. The van der Waals surface area contributed by atoms with Crippen LogP contribution >= 0.6 is 15.9 Å². The highest BCUT2D eigenvalue weighted by molar-refractivity contribution is 9.10. The molecule has 0 spiro atoms. The molecular formula is C20H14BrN3O2. The van der Waals surface area contributed by atoms with Crippen LogP contribution in [0.15, 0.2) is 79.6 Å². The van der Waals surface area contributed by atoms with Gasteiger partial charge in [0.1, 0.15) is 0 Å². The maximum absolute atomic E-state index is 13.0. The second-order valence-corrected chi connectivity index (χ2v) is 6.77. The van der Waals surface area contributed by atoms with Crippen molar-refractivity contribution in [3.63, 3.8) is 0 Å². The SMILES string of the molecule is Cc1cccc(C=Nn2c(-c3ccco3)nc3ccc(Br)cc3c2=O)c1. The summed E-state index contributed by atoms with van der Waals surface area (Å²) in [4.78, 5) is 17.6. The fourth-order valence-electron chi connectivity index (χ4n) is 2.70. The number of rotatable bonds is 3. The number of benzene rings is 2. The van der Waals surface area contributed by atoms with Gasteiger partial charge in [-0.1, -0.05) is 45.8 Å². The maximum atomic E-state index is 13.0. The van der Waals surface area contributed by atoms with Crippen LogP contribution in [0.3, 0.4) is 0 Å². The van der Waals surface area contributed by atoms with Crippen LogP contribution in [0.5, 0.6) is 0 Å². The zero-order chi connectivity index (χ0) is 18.1. The van der Waals surface area contributed by atoms with Gasteiger partial charge in [-0.05, 0) is 42.8 Å². The molecule has 0 saturated heterocycles. The minimum absolute atomic E-state index is 0.258. The van der Waals surface area contributed by atoms with E-state index in [1.807, 2.05) is 37.3 Å². The number of aromatic nitrogens is 2. The van der Waals surface area contributed by atoms with Gasteiger partial charge >= 0.3 is 0 Å². The standard InChI is InChI=1S/C20H14BrN3O2/c1-13-4-2-5-14(10-13)12-22-24-19(18-6-3-9-26-18)23-17-8-7-15(21)11-16(17)20(24)25/h2-12H,1H3. The molecule has 0 bridgehead atoms. The molecule has 2 heterocycles. The number of aryl methyl sites for hydroxylation is 1. The van der Waals surface area contributed by atoms with Gasteiger partial charge in [-0.3, -0.25) is 4.79 Å². The molecule has 0 aliphatic rings. The van der Waals surface area contributed by atoms with Gasteiger partial charge in [0.2, 0.25) is 5.82 Å². The van der Waals surface area contributed by atoms with E-state index in [2.05, 4.69) is 26.0 Å². The summed E-state index contributed by atoms with van der Waals surface area (Å²) < 4.78 is 7.54. The molecule has 128 valence electrons. The zero-order valence-corrected chi connectivity index (χ0v) is 15.5. The minimum Gasteiger partial charge on any atom is -0.461 e. The van der Waals surface area contributed by atoms with Gasteiger partial charge in [-0.25, -0.2) is 4.98 Å². The lowest BCUT2D eigenvalue weighted by atomic mass is 10.2. The van der Waals surface area contributed by atoms with Gasteiger partial charge in [0.25, 0.3) is 5.56 Å². The van der Waals surface area contributed by atoms with Gasteiger partial charge in [0, 0.05) is 4.47 Å². The van der Waals surface area contributed by atoms with Crippen LogP contribution in [0.1, 0.15) is 11.1 Å². The van der Waals surface area contributed by atoms with E-state index in [0.717, 1.165) is 15.6 Å². The summed E-state index contributed by atoms with van der Waals surface area (Å²) >= 11 is 3.40. The second-order valence-electron chi connectivity index (χ2n) is 5.85. The quantitative estimate of drug-likeness (QED) is 0.465. The number of hydrogen-bond donors (Lipinski definition) is 0. The van der Waals surface area contributed by atoms with Gasteiger partial charge in [0.15, 0.2) is 5.76 Å². The second kappa shape index (κ2) is 6.72. The summed E-state index contributed by atoms with van der Waals surface area (Å²) in [5, 5.41) is 4.88. The van der Waals surface area contributed by atoms with E-state index in [1.165, 1.54) is 4.68 Å². The van der Waals surface area contributed by atoms with E-state index in [-0.39, 0.29) is 5.56 Å². The Morgan fingerprint density at radius 1 is 1.15 bits per heavy atom. The van der Waals surface area contributed by atoms with Crippen molar-refractivity contribution in [1.29, 1.82) is 0 Å². The number of hydrogen-bond acceptors (Lipinski definition) is 4. The molecule has 5 nitrogen and oxygen atoms in total. The molecule has 26 heavy (non-hydrogen) atoms. The molecule has 0 N–H and O–H groups in total. The first kappa shape index (κ1) is 16.5. The summed E-state index contributed by atoms with van der Waals surface area (Å²) in [6, 6.07) is 16.8. The average molecular weight is 408 g/mol. The van der Waals surface area contributed by atoms with Crippen LogP contribution in [0, 0.1) is 6.92 Å². The van der Waals surface area contributed by atoms with E-state index in [0.29, 0.717) is 22.5 Å². The number of furan rings is 1. The zero-order valence-electron chi connectivity index (χ0n) is 13.9. The number of fused-ring (bicyclic) bond motifs is 1. The van der Waals surface area contributed by atoms with Crippen molar-refractivity contribution in [2.24, 2.45) is 5.10 Å². The maximum Gasteiger partial charge on any atom is 0.282 e. The fourth-order valence-corrected chi connectivity index (χ4v) is 3.06. The van der Waals surface area contributed by atoms with Crippen LogP contribution in [-0.4, -0.2) is 15.9 Å². The summed E-state index contributed by atoms with van der Waals surface area (Å²) in [6.07, 6.45) is 3.19. The van der Waals surface area contributed by atoms with Crippen molar-refractivity contribution in [2.45, 2.75) is 6.92 Å². The molecule has 0 fully saturated rings. The average Bonchev–Trinajstić information content (AvgIpc) is 3.16. The highest BCUT2D eigenvalue weighted by atomic mass is 79.9. The topological polar surface area (TPSA) is 60.4 Å². The van der Waals surface area contributed by atoms with Crippen molar-refractivity contribution in [3.8, 4) is 11.6 Å². The first-order valence-electron chi connectivity index (χ1n) is 7.99. The van der Waals surface area contributed by atoms with E-state index in [4.69, 9.17) is 4.42 Å². The third kappa shape index (κ3) is 3.11. The molecule has 4 rings (SSSR count). The fraction of sp³-hybridized carbons (Fsp3) is 0.0500. The highest BCUT2D eigenvalue weighted by Gasteiger charge is 2.14. The van der Waals surface area contributed by atoms with Gasteiger partial charge in [0.05, 0.1) is 23.4 Å². The summed E-state index contributed by atoms with van der Waals surface area (Å²) in [5.74, 6) is 0.840. The van der Waals surface area contributed by atoms with Crippen LogP contribution in [0.25, 0.3) is 22.5 Å². The van der Waals surface area contributed by atoms with E-state index in [1.54, 1.807) is 36.7 Å². The molecule has 4 aromatic rings. The largest absolute Gasteiger partial charge is 0.461 e. The van der Waals surface area contributed by atoms with Gasteiger partial charge in [-0.15, -0.1) is 0 Å². The summed E-state index contributed by atoms with van der Waals surface area (Å²) in [5.41, 5.74) is 2.35. The van der Waals surface area contributed by atoms with Crippen LogP contribution in [-0.2, 0) is 0 Å². The van der Waals surface area contributed by atoms with Crippen molar-refractivity contribution in [3.05, 3.63) is 86.8 Å². The lowest BCUT2D eigenvalue weighted by molar-refractivity contribution is 0.571. The molecular weight excluding hydrogens is 394 g/mol. The Morgan fingerprint density at radius 3 is 2.81 bits per heavy atom. The monoisotopic (exact) mass is 407 g/mol. The van der Waals surface area contributed by atoms with Crippen LogP contribution < -0.4 is 5.56 Å². The van der Waals surface area contributed by atoms with E-state index >= 15 is 0 Å². The Morgan fingerprint density at radius 2 is 2.04 bits per heavy atom. The molecule has 0 aliphatic carbocycles.